The van der Waals surface area contributed by atoms with Crippen LogP contribution in [0.5, 0.6) is 17.2 Å². The third-order valence-corrected chi connectivity index (χ3v) is 4.77. The Morgan fingerprint density at radius 2 is 1.59 bits per heavy atom. The molecule has 0 aliphatic rings. The van der Waals surface area contributed by atoms with Gasteiger partial charge in [-0.05, 0) is 70.6 Å². The van der Waals surface area contributed by atoms with Crippen molar-refractivity contribution in [3.63, 3.8) is 0 Å². The van der Waals surface area contributed by atoms with Crippen molar-refractivity contribution in [3.05, 3.63) is 93.2 Å². The van der Waals surface area contributed by atoms with Gasteiger partial charge >= 0.3 is 5.97 Å². The van der Waals surface area contributed by atoms with Crippen LogP contribution in [0.4, 0.5) is 0 Å². The van der Waals surface area contributed by atoms with Crippen LogP contribution in [0, 0.1) is 3.57 Å². The Balaban J connectivity index is 1.77. The predicted octanol–water partition coefficient (Wildman–Crippen LogP) is 4.64. The summed E-state index contributed by atoms with van der Waals surface area (Å²) >= 11 is 2.18. The number of carboxylic acid groups (broad SMARTS) is 1. The molecule has 1 amide bonds. The molecule has 7 heteroatoms. The SMILES string of the molecule is O=C(O)/C(=C/c1ccc(Oc2ccccc2I)cc1)NC(=O)c1ccccc1O. The molecule has 3 rings (SSSR count). The molecule has 0 spiro atoms. The number of nitrogens with one attached hydrogen (secondary N) is 1. The van der Waals surface area contributed by atoms with Crippen LogP contribution in [-0.4, -0.2) is 22.1 Å². The van der Waals surface area contributed by atoms with Gasteiger partial charge in [-0.15, -0.1) is 0 Å². The van der Waals surface area contributed by atoms with E-state index < -0.39 is 11.9 Å². The Morgan fingerprint density at radius 3 is 2.24 bits per heavy atom. The Hall–Kier alpha value is -3.33. The molecule has 29 heavy (non-hydrogen) atoms. The van der Waals surface area contributed by atoms with Crippen LogP contribution in [-0.2, 0) is 4.79 Å². The first kappa shape index (κ1) is 20.4. The molecule has 0 bridgehead atoms. The van der Waals surface area contributed by atoms with Crippen molar-refractivity contribution in [3.8, 4) is 17.2 Å². The summed E-state index contributed by atoms with van der Waals surface area (Å²) in [5.74, 6) is -0.922. The number of aromatic hydroxyl groups is 1. The van der Waals surface area contributed by atoms with E-state index in [0.29, 0.717) is 11.3 Å². The smallest absolute Gasteiger partial charge is 0.352 e. The number of carboxylic acids is 1. The molecule has 0 saturated carbocycles. The first-order chi connectivity index (χ1) is 13.9. The average molecular weight is 501 g/mol. The molecule has 0 heterocycles. The highest BCUT2D eigenvalue weighted by atomic mass is 127. The molecular formula is C22H16INO5. The van der Waals surface area contributed by atoms with Gasteiger partial charge in [0, 0.05) is 0 Å². The highest BCUT2D eigenvalue weighted by Gasteiger charge is 2.16. The topological polar surface area (TPSA) is 95.9 Å². The van der Waals surface area contributed by atoms with Crippen LogP contribution in [0.1, 0.15) is 15.9 Å². The molecule has 0 aromatic heterocycles. The van der Waals surface area contributed by atoms with Crippen LogP contribution in [0.3, 0.4) is 0 Å². The number of carbonyl (C=O) groups is 2. The van der Waals surface area contributed by atoms with Crippen LogP contribution in [0.2, 0.25) is 0 Å². The van der Waals surface area contributed by atoms with Gasteiger partial charge < -0.3 is 20.3 Å². The minimum atomic E-state index is -1.30. The lowest BCUT2D eigenvalue weighted by Crippen LogP contribution is -2.27. The summed E-state index contributed by atoms with van der Waals surface area (Å²) < 4.78 is 6.78. The van der Waals surface area contributed by atoms with E-state index in [1.54, 1.807) is 36.4 Å². The van der Waals surface area contributed by atoms with Crippen LogP contribution in [0.15, 0.2) is 78.5 Å². The molecule has 0 radical (unpaired) electrons. The van der Waals surface area contributed by atoms with Gasteiger partial charge in [0.15, 0.2) is 0 Å². The van der Waals surface area contributed by atoms with Crippen LogP contribution < -0.4 is 10.1 Å². The lowest BCUT2D eigenvalue weighted by molar-refractivity contribution is -0.132. The summed E-state index contributed by atoms with van der Waals surface area (Å²) in [5.41, 5.74) is 0.237. The summed E-state index contributed by atoms with van der Waals surface area (Å²) in [6.07, 6.45) is 1.33. The van der Waals surface area contributed by atoms with E-state index in [1.807, 2.05) is 24.3 Å². The summed E-state index contributed by atoms with van der Waals surface area (Å²) in [4.78, 5) is 23.8. The molecule has 6 nitrogen and oxygen atoms in total. The standard InChI is InChI=1S/C22H16INO5/c23-17-6-2-4-8-20(17)29-15-11-9-14(10-12-15)13-18(22(27)28)24-21(26)16-5-1-3-7-19(16)25/h1-13,25H,(H,24,26)(H,27,28)/b18-13-. The molecule has 146 valence electrons. The molecule has 3 N–H and O–H groups in total. The van der Waals surface area contributed by atoms with E-state index in [9.17, 15) is 19.8 Å². The second-order valence-corrected chi connectivity index (χ2v) is 7.10. The fraction of sp³-hybridized carbons (Fsp3) is 0. The number of aliphatic carboxylic acids is 1. The fourth-order valence-corrected chi connectivity index (χ4v) is 2.96. The van der Waals surface area contributed by atoms with Crippen molar-refractivity contribution in [1.82, 2.24) is 5.32 Å². The number of hydrogen-bond donors (Lipinski definition) is 3. The summed E-state index contributed by atoms with van der Waals surface area (Å²) in [7, 11) is 0. The molecule has 0 unspecified atom stereocenters. The Morgan fingerprint density at radius 1 is 0.931 bits per heavy atom. The van der Waals surface area contributed by atoms with Crippen molar-refractivity contribution in [2.75, 3.05) is 0 Å². The first-order valence-corrected chi connectivity index (χ1v) is 9.58. The van der Waals surface area contributed by atoms with Crippen molar-refractivity contribution in [2.24, 2.45) is 0 Å². The zero-order chi connectivity index (χ0) is 20.8. The van der Waals surface area contributed by atoms with Gasteiger partial charge in [-0.3, -0.25) is 4.79 Å². The molecule has 0 fully saturated rings. The number of rotatable bonds is 6. The van der Waals surface area contributed by atoms with Crippen molar-refractivity contribution >= 4 is 40.5 Å². The highest BCUT2D eigenvalue weighted by molar-refractivity contribution is 14.1. The number of phenolic OH excluding ortho intramolecular Hbond substituents is 1. The number of hydrogen-bond acceptors (Lipinski definition) is 4. The molecule has 3 aromatic rings. The maximum atomic E-state index is 12.3. The van der Waals surface area contributed by atoms with Gasteiger partial charge in [-0.2, -0.15) is 0 Å². The average Bonchev–Trinajstić information content (AvgIpc) is 2.70. The third-order valence-electron chi connectivity index (χ3n) is 3.88. The predicted molar refractivity (Wildman–Crippen MR) is 117 cm³/mol. The quantitative estimate of drug-likeness (QED) is 0.338. The van der Waals surface area contributed by atoms with Gasteiger partial charge in [-0.1, -0.05) is 36.4 Å². The molecule has 0 saturated heterocycles. The van der Waals surface area contributed by atoms with Crippen molar-refractivity contribution in [1.29, 1.82) is 0 Å². The van der Waals surface area contributed by atoms with E-state index in [4.69, 9.17) is 4.74 Å². The molecule has 0 aliphatic carbocycles. The van der Waals surface area contributed by atoms with E-state index in [-0.39, 0.29) is 17.0 Å². The number of carbonyl (C=O) groups excluding carboxylic acids is 1. The van der Waals surface area contributed by atoms with Gasteiger partial charge in [0.25, 0.3) is 5.91 Å². The summed E-state index contributed by atoms with van der Waals surface area (Å²) in [5, 5.41) is 21.5. The van der Waals surface area contributed by atoms with Crippen LogP contribution in [0.25, 0.3) is 6.08 Å². The zero-order valence-electron chi connectivity index (χ0n) is 15.0. The largest absolute Gasteiger partial charge is 0.507 e. The van der Waals surface area contributed by atoms with Gasteiger partial charge in [-0.25, -0.2) is 4.79 Å². The summed E-state index contributed by atoms with van der Waals surface area (Å²) in [6, 6.07) is 20.3. The third kappa shape index (κ3) is 5.35. The molecular weight excluding hydrogens is 485 g/mol. The number of phenols is 1. The Kier molecular flexibility index (Phi) is 6.50. The van der Waals surface area contributed by atoms with Crippen molar-refractivity contribution in [2.45, 2.75) is 0 Å². The lowest BCUT2D eigenvalue weighted by atomic mass is 10.1. The highest BCUT2D eigenvalue weighted by Crippen LogP contribution is 2.26. The maximum absolute atomic E-state index is 12.3. The van der Waals surface area contributed by atoms with E-state index >= 15 is 0 Å². The van der Waals surface area contributed by atoms with Gasteiger partial charge in [0.05, 0.1) is 9.13 Å². The number of ether oxygens (including phenoxy) is 1. The lowest BCUT2D eigenvalue weighted by Gasteiger charge is -2.09. The Bertz CT molecular complexity index is 1080. The zero-order valence-corrected chi connectivity index (χ0v) is 17.2. The Labute approximate surface area is 180 Å². The number of benzene rings is 3. The number of halogens is 1. The molecule has 0 atom stereocenters. The van der Waals surface area contributed by atoms with Crippen LogP contribution >= 0.6 is 22.6 Å². The second-order valence-electron chi connectivity index (χ2n) is 5.94. The van der Waals surface area contributed by atoms with Gasteiger partial charge in [0.2, 0.25) is 0 Å². The molecule has 0 aliphatic heterocycles. The minimum Gasteiger partial charge on any atom is -0.507 e. The fourth-order valence-electron chi connectivity index (χ4n) is 2.46. The monoisotopic (exact) mass is 501 g/mol. The summed E-state index contributed by atoms with van der Waals surface area (Å²) in [6.45, 7) is 0. The van der Waals surface area contributed by atoms with E-state index in [1.165, 1.54) is 18.2 Å². The second kappa shape index (κ2) is 9.24. The van der Waals surface area contributed by atoms with Crippen molar-refractivity contribution < 1.29 is 24.5 Å². The maximum Gasteiger partial charge on any atom is 0.352 e. The first-order valence-electron chi connectivity index (χ1n) is 8.51. The van der Waals surface area contributed by atoms with Gasteiger partial charge in [0.1, 0.15) is 22.9 Å². The minimum absolute atomic E-state index is 0.0131. The van der Waals surface area contributed by atoms with E-state index in [2.05, 4.69) is 27.9 Å². The van der Waals surface area contributed by atoms with E-state index in [0.717, 1.165) is 9.32 Å². The number of amides is 1. The number of para-hydroxylation sites is 2. The molecule has 3 aromatic carbocycles. The normalized spacial score (nSPS) is 11.0.